The lowest BCUT2D eigenvalue weighted by Gasteiger charge is -2.59. The maximum absolute atomic E-state index is 10.9. The van der Waals surface area contributed by atoms with Gasteiger partial charge in [0, 0.05) is 37.9 Å². The average Bonchev–Trinajstić information content (AvgIpc) is 3.68. The number of hydrogen-bond acceptors (Lipinski definition) is 6. The van der Waals surface area contributed by atoms with Crippen LogP contribution in [0, 0.1) is 11.3 Å². The molecule has 2 saturated carbocycles. The minimum absolute atomic E-state index is 0.111. The summed E-state index contributed by atoms with van der Waals surface area (Å²) in [5.74, 6) is -5.78. The molecule has 3 fully saturated rings. The van der Waals surface area contributed by atoms with Crippen molar-refractivity contribution in [2.24, 2.45) is 11.3 Å². The maximum Gasteiger partial charge on any atom is 0.490 e. The lowest BCUT2D eigenvalue weighted by Crippen LogP contribution is -2.65. The van der Waals surface area contributed by atoms with Gasteiger partial charge in [-0.1, -0.05) is 55.0 Å². The third kappa shape index (κ3) is 10.6. The van der Waals surface area contributed by atoms with Gasteiger partial charge in [0.2, 0.25) is 0 Å². The fourth-order valence-corrected chi connectivity index (χ4v) is 5.60. The number of benzene rings is 1. The van der Waals surface area contributed by atoms with E-state index in [1.807, 2.05) is 6.07 Å². The van der Waals surface area contributed by atoms with Gasteiger partial charge in [-0.15, -0.1) is 0 Å². The molecule has 0 unspecified atom stereocenters. The third-order valence-electron chi connectivity index (χ3n) is 7.69. The Kier molecular flexibility index (Phi) is 11.4. The Morgan fingerprint density at radius 3 is 1.96 bits per heavy atom. The van der Waals surface area contributed by atoms with Gasteiger partial charge in [-0.05, 0) is 54.2 Å². The Labute approximate surface area is 254 Å². The molecule has 0 radical (unpaired) electrons. The van der Waals surface area contributed by atoms with Gasteiger partial charge < -0.3 is 20.6 Å². The number of nitrogens with zero attached hydrogens (tertiary/aromatic N) is 2. The minimum Gasteiger partial charge on any atom is -0.477 e. The molecule has 1 aromatic heterocycles. The predicted molar refractivity (Wildman–Crippen MR) is 149 cm³/mol. The van der Waals surface area contributed by atoms with Crippen LogP contribution in [-0.2, 0) is 16.1 Å². The van der Waals surface area contributed by atoms with E-state index in [1.54, 1.807) is 17.8 Å². The van der Waals surface area contributed by atoms with Crippen molar-refractivity contribution in [1.82, 2.24) is 15.2 Å². The number of carbonyl (C=O) groups is 3. The van der Waals surface area contributed by atoms with E-state index in [2.05, 4.69) is 58.5 Å². The number of aromatic nitrogens is 1. The highest BCUT2D eigenvalue weighted by molar-refractivity contribution is 5.85. The van der Waals surface area contributed by atoms with Crippen molar-refractivity contribution >= 4 is 24.0 Å². The van der Waals surface area contributed by atoms with E-state index in [4.69, 9.17) is 24.9 Å². The molecule has 0 amide bonds. The first-order valence-electron chi connectivity index (χ1n) is 13.9. The first-order valence-corrected chi connectivity index (χ1v) is 13.9. The lowest BCUT2D eigenvalue weighted by molar-refractivity contribution is -0.193. The van der Waals surface area contributed by atoms with E-state index in [-0.39, 0.29) is 5.69 Å². The first-order chi connectivity index (χ1) is 20.9. The molecule has 15 heteroatoms. The second-order valence-corrected chi connectivity index (χ2v) is 11.3. The van der Waals surface area contributed by atoms with Crippen LogP contribution < -0.4 is 5.32 Å². The van der Waals surface area contributed by atoms with Crippen molar-refractivity contribution in [3.05, 3.63) is 71.1 Å². The Morgan fingerprint density at radius 1 is 0.956 bits per heavy atom. The number of nitrogens with one attached hydrogen (secondary N) is 1. The summed E-state index contributed by atoms with van der Waals surface area (Å²) in [7, 11) is 0. The molecule has 1 aliphatic heterocycles. The van der Waals surface area contributed by atoms with Gasteiger partial charge in [-0.25, -0.2) is 19.4 Å². The molecular formula is C30H33F6N3O6. The van der Waals surface area contributed by atoms with E-state index < -0.39 is 30.3 Å². The van der Waals surface area contributed by atoms with Crippen LogP contribution in [0.5, 0.6) is 0 Å². The zero-order valence-electron chi connectivity index (χ0n) is 24.1. The molecule has 2 atom stereocenters. The highest BCUT2D eigenvalue weighted by Crippen LogP contribution is 2.50. The summed E-state index contributed by atoms with van der Waals surface area (Å²) >= 11 is 0. The van der Waals surface area contributed by atoms with Crippen LogP contribution in [0.1, 0.15) is 54.2 Å². The van der Waals surface area contributed by atoms with Crippen molar-refractivity contribution in [3.8, 4) is 0 Å². The smallest absolute Gasteiger partial charge is 0.477 e. The Bertz CT molecular complexity index is 1330. The van der Waals surface area contributed by atoms with Crippen molar-refractivity contribution in [1.29, 1.82) is 0 Å². The van der Waals surface area contributed by atoms with Gasteiger partial charge in [0.15, 0.2) is 0 Å². The molecule has 9 nitrogen and oxygen atoms in total. The van der Waals surface area contributed by atoms with E-state index in [0.717, 1.165) is 31.6 Å². The number of alkyl halides is 6. The second kappa shape index (κ2) is 14.4. The molecule has 1 aromatic carbocycles. The fourth-order valence-electron chi connectivity index (χ4n) is 5.60. The van der Waals surface area contributed by atoms with Gasteiger partial charge >= 0.3 is 30.3 Å². The third-order valence-corrected chi connectivity index (χ3v) is 7.69. The van der Waals surface area contributed by atoms with Crippen LogP contribution in [0.15, 0.2) is 54.2 Å². The fraction of sp³-hybridized carbons (Fsp3) is 0.467. The molecule has 2 aliphatic carbocycles. The standard InChI is InChI=1S/C26H31N3O2.2C2HF3O2/c1-2-20(10-18-6-4-3-5-7-18)22-11-24(22)28-21-12-26(13-21)16-29(17-26)15-19-8-9-23(25(30)31)27-14-19;2*3-2(4,5)1(6)7/h3-10,14,21-22,24,28H,2,11-13,15-17H2,1H3,(H,30,31);2*(H,6,7)/b20-10+;;/t22-,24+;;/m0../s1. The number of aromatic carboxylic acids is 1. The summed E-state index contributed by atoms with van der Waals surface area (Å²) in [6.45, 7) is 5.43. The quantitative estimate of drug-likeness (QED) is 0.275. The molecule has 45 heavy (non-hydrogen) atoms. The molecule has 246 valence electrons. The second-order valence-electron chi connectivity index (χ2n) is 11.3. The summed E-state index contributed by atoms with van der Waals surface area (Å²) in [5, 5.41) is 27.1. The summed E-state index contributed by atoms with van der Waals surface area (Å²) in [6, 6.07) is 15.5. The van der Waals surface area contributed by atoms with Gasteiger partial charge in [0.1, 0.15) is 5.69 Å². The van der Waals surface area contributed by atoms with Gasteiger partial charge in [-0.2, -0.15) is 26.3 Å². The van der Waals surface area contributed by atoms with Crippen molar-refractivity contribution in [2.45, 2.75) is 63.6 Å². The topological polar surface area (TPSA) is 140 Å². The summed E-state index contributed by atoms with van der Waals surface area (Å²) in [6.07, 6.45) is -1.11. The van der Waals surface area contributed by atoms with E-state index >= 15 is 0 Å². The maximum atomic E-state index is 10.9. The van der Waals surface area contributed by atoms with Crippen LogP contribution in [0.2, 0.25) is 0 Å². The van der Waals surface area contributed by atoms with Crippen LogP contribution in [-0.4, -0.2) is 80.6 Å². The Balaban J connectivity index is 0.000000331. The summed E-state index contributed by atoms with van der Waals surface area (Å²) in [4.78, 5) is 35.2. The molecule has 4 N–H and O–H groups in total. The molecule has 2 aromatic rings. The van der Waals surface area contributed by atoms with E-state index in [0.29, 0.717) is 23.4 Å². The van der Waals surface area contributed by atoms with E-state index in [1.165, 1.54) is 24.8 Å². The number of carboxylic acid groups (broad SMARTS) is 3. The van der Waals surface area contributed by atoms with Crippen molar-refractivity contribution in [3.63, 3.8) is 0 Å². The molecule has 3 aliphatic rings. The molecule has 5 rings (SSSR count). The van der Waals surface area contributed by atoms with Gasteiger partial charge in [0.05, 0.1) is 0 Å². The van der Waals surface area contributed by atoms with Crippen molar-refractivity contribution in [2.75, 3.05) is 13.1 Å². The number of aliphatic carboxylic acids is 2. The molecule has 1 spiro atoms. The molecular weight excluding hydrogens is 612 g/mol. The van der Waals surface area contributed by atoms with Crippen LogP contribution in [0.3, 0.4) is 0 Å². The number of pyridine rings is 1. The first kappa shape index (κ1) is 35.5. The highest BCUT2D eigenvalue weighted by Gasteiger charge is 2.53. The number of rotatable bonds is 8. The lowest BCUT2D eigenvalue weighted by atomic mass is 9.60. The zero-order valence-corrected chi connectivity index (χ0v) is 24.1. The summed E-state index contributed by atoms with van der Waals surface area (Å²) < 4.78 is 63.5. The number of likely N-dealkylation sites (tertiary alicyclic amines) is 1. The normalized spacial score (nSPS) is 20.8. The predicted octanol–water partition coefficient (Wildman–Crippen LogP) is 5.48. The Morgan fingerprint density at radius 2 is 1.51 bits per heavy atom. The van der Waals surface area contributed by atoms with Crippen LogP contribution in [0.4, 0.5) is 26.3 Å². The highest BCUT2D eigenvalue weighted by atomic mass is 19.4. The van der Waals surface area contributed by atoms with Crippen molar-refractivity contribution < 1.29 is 56.0 Å². The van der Waals surface area contributed by atoms with Gasteiger partial charge in [0.25, 0.3) is 0 Å². The molecule has 0 bridgehead atoms. The monoisotopic (exact) mass is 645 g/mol. The number of hydrogen-bond donors (Lipinski definition) is 4. The van der Waals surface area contributed by atoms with E-state index in [9.17, 15) is 31.1 Å². The number of halogens is 6. The van der Waals surface area contributed by atoms with Gasteiger partial charge in [-0.3, -0.25) is 4.90 Å². The Hall–Kier alpha value is -3.98. The zero-order chi connectivity index (χ0) is 33.6. The largest absolute Gasteiger partial charge is 0.490 e. The van der Waals surface area contributed by atoms with Crippen LogP contribution in [0.25, 0.3) is 6.08 Å². The average molecular weight is 646 g/mol. The van der Waals surface area contributed by atoms with Crippen LogP contribution >= 0.6 is 0 Å². The minimum atomic E-state index is -5.08. The molecule has 1 saturated heterocycles. The SMILES string of the molecule is CC/C(=C\c1ccccc1)[C@@H]1C[C@H]1NC1CC2(C1)CN(Cc1ccc(C(=O)O)nc1)C2.O=C(O)C(F)(F)F.O=C(O)C(F)(F)F. The number of carboxylic acids is 3. The molecule has 2 heterocycles. The summed E-state index contributed by atoms with van der Waals surface area (Å²) in [5.41, 5.74) is 4.60.